The van der Waals surface area contributed by atoms with Crippen molar-refractivity contribution in [2.75, 3.05) is 19.7 Å². The molecule has 1 aromatic heterocycles. The summed E-state index contributed by atoms with van der Waals surface area (Å²) in [6.07, 6.45) is 2.73. The maximum Gasteiger partial charge on any atom is 0.260 e. The zero-order chi connectivity index (χ0) is 13.2. The van der Waals surface area contributed by atoms with Gasteiger partial charge in [-0.2, -0.15) is 4.31 Å². The highest BCUT2D eigenvalue weighted by atomic mass is 32.2. The molecule has 102 valence electrons. The average molecular weight is 273 g/mol. The number of nitrogens with one attached hydrogen (secondary N) is 1. The van der Waals surface area contributed by atoms with Gasteiger partial charge in [0.1, 0.15) is 5.82 Å². The van der Waals surface area contributed by atoms with E-state index in [1.807, 2.05) is 13.8 Å². The van der Waals surface area contributed by atoms with Crippen LogP contribution in [-0.2, 0) is 21.2 Å². The fourth-order valence-corrected chi connectivity index (χ4v) is 3.45. The van der Waals surface area contributed by atoms with Gasteiger partial charge in [0.25, 0.3) is 10.0 Å². The van der Waals surface area contributed by atoms with Crippen LogP contribution in [0.2, 0.25) is 0 Å². The number of aromatic nitrogens is 2. The summed E-state index contributed by atoms with van der Waals surface area (Å²) in [4.78, 5) is 6.90. The van der Waals surface area contributed by atoms with Crippen LogP contribution in [0.4, 0.5) is 0 Å². The molecule has 0 amide bonds. The molecule has 0 spiro atoms. The Morgan fingerprint density at radius 3 is 3.06 bits per heavy atom. The first-order valence-electron chi connectivity index (χ1n) is 6.19. The monoisotopic (exact) mass is 273 g/mol. The first-order valence-corrected chi connectivity index (χ1v) is 7.63. The van der Waals surface area contributed by atoms with Crippen molar-refractivity contribution in [1.82, 2.24) is 14.3 Å². The molecule has 1 N–H and O–H groups in total. The van der Waals surface area contributed by atoms with E-state index >= 15 is 0 Å². The lowest BCUT2D eigenvalue weighted by atomic mass is 10.4. The van der Waals surface area contributed by atoms with Crippen molar-refractivity contribution in [3.63, 3.8) is 0 Å². The molecule has 1 aromatic rings. The van der Waals surface area contributed by atoms with Crippen LogP contribution in [-0.4, -0.2) is 48.5 Å². The van der Waals surface area contributed by atoms with Crippen LogP contribution in [0.15, 0.2) is 11.2 Å². The van der Waals surface area contributed by atoms with E-state index in [4.69, 9.17) is 4.74 Å². The first kappa shape index (κ1) is 13.5. The van der Waals surface area contributed by atoms with Gasteiger partial charge in [0, 0.05) is 26.1 Å². The summed E-state index contributed by atoms with van der Waals surface area (Å²) in [5, 5.41) is 0.174. The van der Waals surface area contributed by atoms with E-state index in [1.54, 1.807) is 0 Å². The number of ether oxygens (including phenoxy) is 1. The predicted octanol–water partition coefficient (Wildman–Crippen LogP) is 0.772. The normalized spacial score (nSPS) is 22.9. The molecule has 7 heteroatoms. The first-order chi connectivity index (χ1) is 8.54. The second-order valence-corrected chi connectivity index (χ2v) is 6.35. The van der Waals surface area contributed by atoms with E-state index < -0.39 is 10.0 Å². The van der Waals surface area contributed by atoms with E-state index in [9.17, 15) is 8.42 Å². The maximum atomic E-state index is 12.4. The maximum absolute atomic E-state index is 12.4. The molecule has 1 saturated heterocycles. The van der Waals surface area contributed by atoms with Gasteiger partial charge in [-0.1, -0.05) is 6.92 Å². The van der Waals surface area contributed by atoms with Crippen molar-refractivity contribution in [3.8, 4) is 0 Å². The highest BCUT2D eigenvalue weighted by Crippen LogP contribution is 2.17. The summed E-state index contributed by atoms with van der Waals surface area (Å²) < 4.78 is 31.8. The minimum atomic E-state index is -3.47. The number of H-pyrrole nitrogens is 1. The van der Waals surface area contributed by atoms with Gasteiger partial charge in [-0.3, -0.25) is 0 Å². The van der Waals surface area contributed by atoms with Crippen LogP contribution >= 0.6 is 0 Å². The summed E-state index contributed by atoms with van der Waals surface area (Å²) >= 11 is 0. The third kappa shape index (κ3) is 2.73. The fourth-order valence-electron chi connectivity index (χ4n) is 1.97. The quantitative estimate of drug-likeness (QED) is 0.882. The largest absolute Gasteiger partial charge is 0.377 e. The molecule has 0 saturated carbocycles. The van der Waals surface area contributed by atoms with Gasteiger partial charge in [-0.05, 0) is 13.3 Å². The average Bonchev–Trinajstić information content (AvgIpc) is 2.72. The summed E-state index contributed by atoms with van der Waals surface area (Å²) in [6.45, 7) is 5.31. The molecule has 1 aliphatic heterocycles. The molecule has 18 heavy (non-hydrogen) atoms. The van der Waals surface area contributed by atoms with Crippen molar-refractivity contribution in [2.24, 2.45) is 0 Å². The van der Waals surface area contributed by atoms with Crippen LogP contribution in [0.5, 0.6) is 0 Å². The van der Waals surface area contributed by atoms with Crippen molar-refractivity contribution >= 4 is 10.0 Å². The van der Waals surface area contributed by atoms with E-state index in [0.29, 0.717) is 31.9 Å². The molecule has 2 heterocycles. The van der Waals surface area contributed by atoms with Gasteiger partial charge in [0.2, 0.25) is 0 Å². The molecule has 1 aliphatic rings. The Morgan fingerprint density at radius 2 is 2.39 bits per heavy atom. The van der Waals surface area contributed by atoms with Gasteiger partial charge in [-0.25, -0.2) is 13.4 Å². The van der Waals surface area contributed by atoms with E-state index in [2.05, 4.69) is 9.97 Å². The fraction of sp³-hybridized carbons (Fsp3) is 0.727. The number of hydrogen-bond donors (Lipinski definition) is 1. The second kappa shape index (κ2) is 5.38. The molecule has 0 bridgehead atoms. The number of imidazole rings is 1. The topological polar surface area (TPSA) is 75.3 Å². The molecule has 0 radical (unpaired) electrons. The molecule has 6 nitrogen and oxygen atoms in total. The van der Waals surface area contributed by atoms with Crippen molar-refractivity contribution < 1.29 is 13.2 Å². The highest BCUT2D eigenvalue weighted by Gasteiger charge is 2.29. The lowest BCUT2D eigenvalue weighted by Gasteiger charge is -2.20. The van der Waals surface area contributed by atoms with Gasteiger partial charge >= 0.3 is 0 Å². The molecule has 2 rings (SSSR count). The summed E-state index contributed by atoms with van der Waals surface area (Å²) in [6, 6.07) is 0. The number of nitrogens with zero attached hydrogens (tertiary/aromatic N) is 2. The van der Waals surface area contributed by atoms with Gasteiger partial charge in [0.15, 0.2) is 5.03 Å². The molecular weight excluding hydrogens is 254 g/mol. The lowest BCUT2D eigenvalue weighted by molar-refractivity contribution is 0.0752. The van der Waals surface area contributed by atoms with Gasteiger partial charge in [0.05, 0.1) is 12.3 Å². The minimum absolute atomic E-state index is 0.0733. The molecular formula is C11H19N3O3S. The van der Waals surface area contributed by atoms with Crippen LogP contribution in [0, 0.1) is 0 Å². The Labute approximate surface area is 107 Å². The van der Waals surface area contributed by atoms with Crippen LogP contribution in [0.1, 0.15) is 26.1 Å². The van der Waals surface area contributed by atoms with Crippen molar-refractivity contribution in [1.29, 1.82) is 0 Å². The Balaban J connectivity index is 2.23. The standard InChI is InChI=1S/C11H19N3O3S/c1-3-10-12-7-11(13-10)18(15,16)14-5-4-6-17-9(2)8-14/h7,9H,3-6,8H2,1-2H3,(H,12,13). The Kier molecular flexibility index (Phi) is 4.04. The second-order valence-electron chi connectivity index (χ2n) is 4.45. The predicted molar refractivity (Wildman–Crippen MR) is 66.8 cm³/mol. The van der Waals surface area contributed by atoms with Gasteiger partial charge < -0.3 is 9.72 Å². The third-order valence-electron chi connectivity index (χ3n) is 2.97. The highest BCUT2D eigenvalue weighted by molar-refractivity contribution is 7.89. The zero-order valence-corrected chi connectivity index (χ0v) is 11.5. The lowest BCUT2D eigenvalue weighted by Crippen LogP contribution is -2.36. The molecule has 1 fully saturated rings. The molecule has 0 aliphatic carbocycles. The smallest absolute Gasteiger partial charge is 0.260 e. The van der Waals surface area contributed by atoms with Crippen LogP contribution in [0.25, 0.3) is 0 Å². The number of aryl methyl sites for hydroxylation is 1. The number of sulfonamides is 1. The van der Waals surface area contributed by atoms with E-state index in [0.717, 1.165) is 6.42 Å². The summed E-state index contributed by atoms with van der Waals surface area (Å²) in [5.74, 6) is 0.688. The zero-order valence-electron chi connectivity index (χ0n) is 10.7. The Morgan fingerprint density at radius 1 is 1.61 bits per heavy atom. The summed E-state index contributed by atoms with van der Waals surface area (Å²) in [7, 11) is -3.47. The third-order valence-corrected chi connectivity index (χ3v) is 4.75. The van der Waals surface area contributed by atoms with Crippen molar-refractivity contribution in [3.05, 3.63) is 12.0 Å². The SMILES string of the molecule is CCc1ncc(S(=O)(=O)N2CCCOC(C)C2)[nH]1. The van der Waals surface area contributed by atoms with Crippen LogP contribution in [0.3, 0.4) is 0 Å². The van der Waals surface area contributed by atoms with Gasteiger partial charge in [-0.15, -0.1) is 0 Å². The Hall–Kier alpha value is -0.920. The molecule has 1 atom stereocenters. The molecule has 1 unspecified atom stereocenters. The van der Waals surface area contributed by atoms with E-state index in [-0.39, 0.29) is 11.1 Å². The summed E-state index contributed by atoms with van der Waals surface area (Å²) in [5.41, 5.74) is 0. The molecule has 0 aromatic carbocycles. The van der Waals surface area contributed by atoms with Crippen molar-refractivity contribution in [2.45, 2.75) is 37.8 Å². The number of rotatable bonds is 3. The van der Waals surface area contributed by atoms with Crippen LogP contribution < -0.4 is 0 Å². The minimum Gasteiger partial charge on any atom is -0.377 e. The number of aromatic amines is 1. The number of hydrogen-bond acceptors (Lipinski definition) is 4. The van der Waals surface area contributed by atoms with E-state index in [1.165, 1.54) is 10.5 Å². The Bertz CT molecular complexity index is 497.